The molecular weight excluding hydrogens is 350 g/mol. The quantitative estimate of drug-likeness (QED) is 0.647. The second-order valence-electron chi connectivity index (χ2n) is 4.82. The van der Waals surface area contributed by atoms with Crippen LogP contribution in [0.25, 0.3) is 0 Å². The number of benzene rings is 1. The van der Waals surface area contributed by atoms with Crippen LogP contribution in [0.4, 0.5) is 0 Å². The van der Waals surface area contributed by atoms with Crippen LogP contribution in [0, 0.1) is 6.92 Å². The average molecular weight is 369 g/mol. The first-order valence-electron chi connectivity index (χ1n) is 7.21. The Morgan fingerprint density at radius 3 is 2.92 bits per heavy atom. The van der Waals surface area contributed by atoms with Gasteiger partial charge in [0.25, 0.3) is 0 Å². The number of hydrogen-bond donors (Lipinski definition) is 2. The molecule has 2 aromatic rings. The molecule has 2 rings (SSSR count). The molecule has 1 amide bonds. The number of ether oxygens (including phenoxy) is 2. The lowest BCUT2D eigenvalue weighted by Gasteiger charge is -2.13. The number of methoxy groups -OCH3 is 1. The number of aliphatic hydroxyl groups excluding tert-OH is 1. The molecule has 0 radical (unpaired) electrons. The third-order valence-corrected chi connectivity index (χ3v) is 4.82. The van der Waals surface area contributed by atoms with E-state index in [0.29, 0.717) is 11.5 Å². The van der Waals surface area contributed by atoms with Gasteiger partial charge >= 0.3 is 0 Å². The van der Waals surface area contributed by atoms with Gasteiger partial charge in [-0.15, -0.1) is 10.2 Å². The van der Waals surface area contributed by atoms with Crippen LogP contribution in [0.1, 0.15) is 5.01 Å². The second-order valence-corrected chi connectivity index (χ2v) is 7.23. The molecule has 0 fully saturated rings. The van der Waals surface area contributed by atoms with E-state index in [9.17, 15) is 9.90 Å². The van der Waals surface area contributed by atoms with Gasteiger partial charge in [-0.25, -0.2) is 0 Å². The van der Waals surface area contributed by atoms with Gasteiger partial charge < -0.3 is 19.9 Å². The molecule has 0 spiro atoms. The van der Waals surface area contributed by atoms with E-state index in [-0.39, 0.29) is 24.8 Å². The zero-order valence-electron chi connectivity index (χ0n) is 13.4. The number of aromatic nitrogens is 2. The fourth-order valence-electron chi connectivity index (χ4n) is 1.69. The van der Waals surface area contributed by atoms with Gasteiger partial charge in [0.05, 0.1) is 12.9 Å². The minimum atomic E-state index is -0.797. The molecule has 9 heteroatoms. The normalized spacial score (nSPS) is 11.8. The van der Waals surface area contributed by atoms with E-state index >= 15 is 0 Å². The number of amides is 1. The third-order valence-electron chi connectivity index (χ3n) is 2.85. The first kappa shape index (κ1) is 18.5. The molecule has 0 aliphatic carbocycles. The molecule has 0 aliphatic heterocycles. The van der Waals surface area contributed by atoms with Crippen molar-refractivity contribution in [3.8, 4) is 11.5 Å². The predicted octanol–water partition coefficient (Wildman–Crippen LogP) is 1.50. The Balaban J connectivity index is 1.64. The molecule has 0 saturated heterocycles. The Hall–Kier alpha value is -1.84. The highest BCUT2D eigenvalue weighted by Gasteiger charge is 2.10. The Kier molecular flexibility index (Phi) is 7.29. The standard InChI is InChI=1S/C15H19N3O4S2/c1-10-17-18-15(24-10)23-9-14(20)16-7-11(19)8-22-13-5-3-4-12(6-13)21-2/h3-6,11,19H,7-9H2,1-2H3,(H,16,20)/t11-/m1/s1. The SMILES string of the molecule is COc1cccc(OC[C@H](O)CNC(=O)CSc2nnc(C)s2)c1. The summed E-state index contributed by atoms with van der Waals surface area (Å²) in [4.78, 5) is 11.7. The molecule has 2 N–H and O–H groups in total. The molecular formula is C15H19N3O4S2. The topological polar surface area (TPSA) is 93.6 Å². The number of hydrogen-bond acceptors (Lipinski definition) is 8. The maximum atomic E-state index is 11.7. The molecule has 130 valence electrons. The molecule has 24 heavy (non-hydrogen) atoms. The summed E-state index contributed by atoms with van der Waals surface area (Å²) in [6.45, 7) is 2.06. The van der Waals surface area contributed by atoms with Crippen LogP contribution in [-0.2, 0) is 4.79 Å². The zero-order chi connectivity index (χ0) is 17.4. The first-order valence-corrected chi connectivity index (χ1v) is 9.01. The lowest BCUT2D eigenvalue weighted by molar-refractivity contribution is -0.119. The monoisotopic (exact) mass is 369 g/mol. The van der Waals surface area contributed by atoms with Crippen LogP contribution < -0.4 is 14.8 Å². The van der Waals surface area contributed by atoms with Gasteiger partial charge in [-0.1, -0.05) is 29.2 Å². The van der Waals surface area contributed by atoms with Gasteiger partial charge in [0.2, 0.25) is 5.91 Å². The zero-order valence-corrected chi connectivity index (χ0v) is 15.0. The average Bonchev–Trinajstić information content (AvgIpc) is 3.02. The van der Waals surface area contributed by atoms with Crippen molar-refractivity contribution in [3.05, 3.63) is 29.3 Å². The summed E-state index contributed by atoms with van der Waals surface area (Å²) in [5.41, 5.74) is 0. The minimum Gasteiger partial charge on any atom is -0.497 e. The summed E-state index contributed by atoms with van der Waals surface area (Å²) in [7, 11) is 1.57. The van der Waals surface area contributed by atoms with Gasteiger partial charge in [0.15, 0.2) is 4.34 Å². The second kappa shape index (κ2) is 9.45. The van der Waals surface area contributed by atoms with E-state index in [2.05, 4.69) is 15.5 Å². The summed E-state index contributed by atoms with van der Waals surface area (Å²) < 4.78 is 11.3. The molecule has 0 bridgehead atoms. The van der Waals surface area contributed by atoms with Crippen LogP contribution >= 0.6 is 23.1 Å². The van der Waals surface area contributed by atoms with Gasteiger partial charge in [-0.05, 0) is 19.1 Å². The molecule has 1 aromatic carbocycles. The number of nitrogens with zero attached hydrogens (tertiary/aromatic N) is 2. The van der Waals surface area contributed by atoms with Crippen LogP contribution in [-0.4, -0.2) is 53.3 Å². The van der Waals surface area contributed by atoms with Gasteiger partial charge in [-0.3, -0.25) is 4.79 Å². The van der Waals surface area contributed by atoms with Gasteiger partial charge in [0, 0.05) is 12.6 Å². The number of nitrogens with one attached hydrogen (secondary N) is 1. The Morgan fingerprint density at radius 2 is 2.21 bits per heavy atom. The molecule has 0 saturated carbocycles. The van der Waals surface area contributed by atoms with Gasteiger partial charge in [0.1, 0.15) is 29.2 Å². The number of carbonyl (C=O) groups excluding carboxylic acids is 1. The predicted molar refractivity (Wildman–Crippen MR) is 92.9 cm³/mol. The largest absolute Gasteiger partial charge is 0.497 e. The Morgan fingerprint density at radius 1 is 1.42 bits per heavy atom. The number of thioether (sulfide) groups is 1. The maximum absolute atomic E-state index is 11.7. The van der Waals surface area contributed by atoms with E-state index in [1.807, 2.05) is 6.92 Å². The van der Waals surface area contributed by atoms with Crippen LogP contribution in [0.3, 0.4) is 0 Å². The first-order chi connectivity index (χ1) is 11.6. The van der Waals surface area contributed by atoms with E-state index in [0.717, 1.165) is 9.35 Å². The van der Waals surface area contributed by atoms with Gasteiger partial charge in [-0.2, -0.15) is 0 Å². The van der Waals surface area contributed by atoms with E-state index in [4.69, 9.17) is 9.47 Å². The van der Waals surface area contributed by atoms with Crippen LogP contribution in [0.5, 0.6) is 11.5 Å². The third kappa shape index (κ3) is 6.34. The number of aliphatic hydroxyl groups is 1. The maximum Gasteiger partial charge on any atom is 0.230 e. The summed E-state index contributed by atoms with van der Waals surface area (Å²) in [6.07, 6.45) is -0.797. The van der Waals surface area contributed by atoms with Crippen molar-refractivity contribution in [1.82, 2.24) is 15.5 Å². The molecule has 0 aliphatic rings. The molecule has 1 atom stereocenters. The molecule has 1 heterocycles. The van der Waals surface area contributed by atoms with Crippen LogP contribution in [0.15, 0.2) is 28.6 Å². The summed E-state index contributed by atoms with van der Waals surface area (Å²) in [5, 5.41) is 21.2. The molecule has 0 unspecified atom stereocenters. The van der Waals surface area contributed by atoms with Crippen molar-refractivity contribution in [1.29, 1.82) is 0 Å². The van der Waals surface area contributed by atoms with Crippen LogP contribution in [0.2, 0.25) is 0 Å². The lowest BCUT2D eigenvalue weighted by Crippen LogP contribution is -2.36. The number of rotatable bonds is 9. The fourth-order valence-corrected chi connectivity index (χ4v) is 3.33. The highest BCUT2D eigenvalue weighted by Crippen LogP contribution is 2.21. The van der Waals surface area contributed by atoms with Crippen molar-refractivity contribution < 1.29 is 19.4 Å². The highest BCUT2D eigenvalue weighted by molar-refractivity contribution is 8.01. The van der Waals surface area contributed by atoms with Crippen molar-refractivity contribution in [2.75, 3.05) is 26.0 Å². The van der Waals surface area contributed by atoms with Crippen molar-refractivity contribution in [2.45, 2.75) is 17.4 Å². The Labute approximate surface area is 148 Å². The minimum absolute atomic E-state index is 0.0795. The lowest BCUT2D eigenvalue weighted by atomic mass is 10.3. The van der Waals surface area contributed by atoms with E-state index in [1.165, 1.54) is 23.1 Å². The van der Waals surface area contributed by atoms with Crippen molar-refractivity contribution in [3.63, 3.8) is 0 Å². The van der Waals surface area contributed by atoms with Crippen molar-refractivity contribution in [2.24, 2.45) is 0 Å². The van der Waals surface area contributed by atoms with Crippen molar-refractivity contribution >= 4 is 29.0 Å². The number of aryl methyl sites for hydroxylation is 1. The fraction of sp³-hybridized carbons (Fsp3) is 0.400. The summed E-state index contributed by atoms with van der Waals surface area (Å²) in [5.74, 6) is 1.34. The summed E-state index contributed by atoms with van der Waals surface area (Å²) in [6, 6.07) is 7.11. The van der Waals surface area contributed by atoms with E-state index in [1.54, 1.807) is 31.4 Å². The highest BCUT2D eigenvalue weighted by atomic mass is 32.2. The summed E-state index contributed by atoms with van der Waals surface area (Å²) >= 11 is 2.77. The van der Waals surface area contributed by atoms with E-state index < -0.39 is 6.10 Å². The molecule has 1 aromatic heterocycles. The Bertz CT molecular complexity index is 666. The number of carbonyl (C=O) groups is 1. The smallest absolute Gasteiger partial charge is 0.230 e. The molecule has 7 nitrogen and oxygen atoms in total.